The molecule has 7 nitrogen and oxygen atoms in total. The van der Waals surface area contributed by atoms with Crippen LogP contribution < -0.4 is 0 Å². The Morgan fingerprint density at radius 3 is 2.03 bits per heavy atom. The minimum Gasteiger partial charge on any atom is -0.480 e. The lowest BCUT2D eigenvalue weighted by Gasteiger charge is -2.29. The van der Waals surface area contributed by atoms with Crippen LogP contribution in [0.5, 0.6) is 0 Å². The molecule has 2 unspecified atom stereocenters. The number of ether oxygens (including phenoxy) is 1. The van der Waals surface area contributed by atoms with Crippen LogP contribution in [0.15, 0.2) is 48.5 Å². The molecule has 0 radical (unpaired) electrons. The van der Waals surface area contributed by atoms with Gasteiger partial charge in [-0.2, -0.15) is 0 Å². The predicted molar refractivity (Wildman–Crippen MR) is 117 cm³/mol. The number of hydrogen-bond donors (Lipinski definition) is 1. The number of carbonyl (C=O) groups is 3. The molecule has 1 N–H and O–H groups in total. The van der Waals surface area contributed by atoms with Crippen molar-refractivity contribution in [1.82, 2.24) is 9.80 Å². The van der Waals surface area contributed by atoms with Gasteiger partial charge in [-0.15, -0.1) is 0 Å². The van der Waals surface area contributed by atoms with Crippen molar-refractivity contribution in [3.8, 4) is 11.1 Å². The highest BCUT2D eigenvalue weighted by atomic mass is 16.6. The molecule has 2 saturated heterocycles. The van der Waals surface area contributed by atoms with Crippen LogP contribution in [0.2, 0.25) is 0 Å². The number of hydrogen-bond acceptors (Lipinski definition) is 4. The molecule has 2 atom stereocenters. The number of nitrogens with zero attached hydrogens (tertiary/aromatic N) is 2. The van der Waals surface area contributed by atoms with Crippen LogP contribution in [0.1, 0.15) is 42.7 Å². The van der Waals surface area contributed by atoms with Gasteiger partial charge in [-0.1, -0.05) is 48.5 Å². The van der Waals surface area contributed by atoms with Crippen molar-refractivity contribution in [1.29, 1.82) is 0 Å². The highest BCUT2D eigenvalue weighted by Crippen LogP contribution is 2.44. The molecule has 2 amide bonds. The molecular weight excluding hydrogens is 408 g/mol. The molecule has 3 aliphatic rings. The van der Waals surface area contributed by atoms with Crippen LogP contribution in [0.4, 0.5) is 4.79 Å². The Balaban J connectivity index is 1.29. The highest BCUT2D eigenvalue weighted by Gasteiger charge is 2.43. The van der Waals surface area contributed by atoms with Crippen molar-refractivity contribution >= 4 is 18.0 Å². The predicted octanol–water partition coefficient (Wildman–Crippen LogP) is 3.48. The molecule has 166 valence electrons. The van der Waals surface area contributed by atoms with E-state index >= 15 is 0 Å². The van der Waals surface area contributed by atoms with E-state index in [0.717, 1.165) is 22.3 Å². The van der Waals surface area contributed by atoms with Crippen LogP contribution >= 0.6 is 0 Å². The van der Waals surface area contributed by atoms with Crippen LogP contribution in [0, 0.1) is 0 Å². The van der Waals surface area contributed by atoms with E-state index in [0.29, 0.717) is 38.8 Å². The molecule has 0 aromatic heterocycles. The van der Waals surface area contributed by atoms with E-state index in [9.17, 15) is 19.5 Å². The van der Waals surface area contributed by atoms with E-state index in [1.165, 1.54) is 9.80 Å². The van der Waals surface area contributed by atoms with Crippen molar-refractivity contribution in [3.05, 3.63) is 59.7 Å². The Morgan fingerprint density at radius 2 is 1.41 bits per heavy atom. The minimum atomic E-state index is -0.985. The summed E-state index contributed by atoms with van der Waals surface area (Å²) in [5, 5.41) is 9.42. The van der Waals surface area contributed by atoms with Crippen molar-refractivity contribution in [2.75, 3.05) is 19.7 Å². The van der Waals surface area contributed by atoms with Crippen molar-refractivity contribution in [3.63, 3.8) is 0 Å². The largest absolute Gasteiger partial charge is 0.480 e. The second-order valence-corrected chi connectivity index (χ2v) is 8.68. The first-order valence-corrected chi connectivity index (χ1v) is 11.2. The number of carboxylic acids is 1. The zero-order valence-corrected chi connectivity index (χ0v) is 17.8. The summed E-state index contributed by atoms with van der Waals surface area (Å²) in [6, 6.07) is 14.8. The number of benzene rings is 2. The van der Waals surface area contributed by atoms with Gasteiger partial charge in [-0.05, 0) is 47.9 Å². The highest BCUT2D eigenvalue weighted by molar-refractivity contribution is 5.90. The van der Waals surface area contributed by atoms with Gasteiger partial charge in [0.1, 0.15) is 18.7 Å². The first-order valence-electron chi connectivity index (χ1n) is 11.2. The van der Waals surface area contributed by atoms with E-state index < -0.39 is 24.1 Å². The average Bonchev–Trinajstić information content (AvgIpc) is 3.55. The average molecular weight is 434 g/mol. The van der Waals surface area contributed by atoms with Gasteiger partial charge < -0.3 is 14.7 Å². The molecule has 2 aromatic carbocycles. The quantitative estimate of drug-likeness (QED) is 0.796. The number of likely N-dealkylation sites (tertiary alicyclic amines) is 2. The molecule has 0 spiro atoms. The standard InChI is InChI=1S/C25H26N2O5/c28-23(26-13-6-12-22(26)24(29)30)21-11-5-14-27(21)25(31)32-15-20-18-9-3-1-7-16(18)17-8-2-4-10-19(17)20/h1-4,7-10,20-22H,5-6,11-15H2,(H,29,30). The van der Waals surface area contributed by atoms with E-state index in [4.69, 9.17) is 4.74 Å². The Kier molecular flexibility index (Phi) is 5.33. The fraction of sp³-hybridized carbons (Fsp3) is 0.400. The maximum absolute atomic E-state index is 13.1. The number of amides is 2. The molecule has 7 heteroatoms. The zero-order valence-electron chi connectivity index (χ0n) is 17.8. The Labute approximate surface area is 186 Å². The summed E-state index contributed by atoms with van der Waals surface area (Å²) in [6.45, 7) is 1.06. The summed E-state index contributed by atoms with van der Waals surface area (Å²) in [5.41, 5.74) is 4.59. The summed E-state index contributed by atoms with van der Waals surface area (Å²) >= 11 is 0. The Morgan fingerprint density at radius 1 is 0.844 bits per heavy atom. The fourth-order valence-electron chi connectivity index (χ4n) is 5.40. The molecule has 2 aliphatic heterocycles. The van der Waals surface area contributed by atoms with Crippen molar-refractivity contribution in [2.45, 2.75) is 43.7 Å². The van der Waals surface area contributed by atoms with Gasteiger partial charge in [0.15, 0.2) is 0 Å². The van der Waals surface area contributed by atoms with E-state index in [1.807, 2.05) is 24.3 Å². The van der Waals surface area contributed by atoms with Gasteiger partial charge in [0.25, 0.3) is 0 Å². The second-order valence-electron chi connectivity index (χ2n) is 8.68. The number of carboxylic acid groups (broad SMARTS) is 1. The molecule has 2 fully saturated rings. The molecular formula is C25H26N2O5. The molecule has 32 heavy (non-hydrogen) atoms. The number of aliphatic carboxylic acids is 1. The summed E-state index contributed by atoms with van der Waals surface area (Å²) in [4.78, 5) is 40.5. The lowest BCUT2D eigenvalue weighted by atomic mass is 9.98. The van der Waals surface area contributed by atoms with Crippen LogP contribution in [-0.4, -0.2) is 64.7 Å². The molecule has 2 heterocycles. The summed E-state index contributed by atoms with van der Waals surface area (Å²) in [7, 11) is 0. The summed E-state index contributed by atoms with van der Waals surface area (Å²) < 4.78 is 5.74. The fourth-order valence-corrected chi connectivity index (χ4v) is 5.40. The van der Waals surface area contributed by atoms with E-state index in [1.54, 1.807) is 0 Å². The van der Waals surface area contributed by atoms with Gasteiger partial charge in [0.2, 0.25) is 5.91 Å². The van der Waals surface area contributed by atoms with Gasteiger partial charge >= 0.3 is 12.1 Å². The third-order valence-electron chi connectivity index (χ3n) is 6.93. The van der Waals surface area contributed by atoms with Gasteiger partial charge in [0, 0.05) is 19.0 Å². The second kappa shape index (κ2) is 8.30. The van der Waals surface area contributed by atoms with Crippen molar-refractivity contribution in [2.24, 2.45) is 0 Å². The SMILES string of the molecule is O=C(O)C1CCCN1C(=O)C1CCCN1C(=O)OCC1c2ccccc2-c2ccccc21. The zero-order chi connectivity index (χ0) is 22.2. The third-order valence-corrected chi connectivity index (χ3v) is 6.93. The lowest BCUT2D eigenvalue weighted by Crippen LogP contribution is -2.51. The normalized spacial score (nSPS) is 22.0. The van der Waals surface area contributed by atoms with Gasteiger partial charge in [-0.3, -0.25) is 9.69 Å². The smallest absolute Gasteiger partial charge is 0.410 e. The maximum Gasteiger partial charge on any atom is 0.410 e. The van der Waals surface area contributed by atoms with E-state index in [2.05, 4.69) is 24.3 Å². The molecule has 0 bridgehead atoms. The van der Waals surface area contributed by atoms with Gasteiger partial charge in [0.05, 0.1) is 0 Å². The lowest BCUT2D eigenvalue weighted by molar-refractivity contribution is -0.149. The number of carbonyl (C=O) groups excluding carboxylic acids is 2. The van der Waals surface area contributed by atoms with Crippen LogP contribution in [0.25, 0.3) is 11.1 Å². The topological polar surface area (TPSA) is 87.2 Å². The van der Waals surface area contributed by atoms with Crippen molar-refractivity contribution < 1.29 is 24.2 Å². The molecule has 0 saturated carbocycles. The van der Waals surface area contributed by atoms with Gasteiger partial charge in [-0.25, -0.2) is 9.59 Å². The van der Waals surface area contributed by atoms with Crippen LogP contribution in [0.3, 0.4) is 0 Å². The van der Waals surface area contributed by atoms with E-state index in [-0.39, 0.29) is 18.4 Å². The summed E-state index contributed by atoms with van der Waals surface area (Å²) in [5.74, 6) is -1.31. The molecule has 2 aromatic rings. The number of fused-ring (bicyclic) bond motifs is 3. The number of rotatable bonds is 4. The Hall–Kier alpha value is -3.35. The monoisotopic (exact) mass is 434 g/mol. The summed E-state index contributed by atoms with van der Waals surface area (Å²) in [6.07, 6.45) is 1.85. The van der Waals surface area contributed by atoms with Crippen LogP contribution in [-0.2, 0) is 14.3 Å². The molecule has 5 rings (SSSR count). The first-order chi connectivity index (χ1) is 15.6. The minimum absolute atomic E-state index is 0.0434. The maximum atomic E-state index is 13.1. The molecule has 1 aliphatic carbocycles. The first kappa shape index (κ1) is 20.5. The third kappa shape index (κ3) is 3.42. The Bertz CT molecular complexity index is 1020.